The van der Waals surface area contributed by atoms with Gasteiger partial charge in [0.15, 0.2) is 0 Å². The quantitative estimate of drug-likeness (QED) is 0.897. The first kappa shape index (κ1) is 19.3. The van der Waals surface area contributed by atoms with E-state index in [4.69, 9.17) is 4.52 Å². The van der Waals surface area contributed by atoms with E-state index >= 15 is 0 Å². The smallest absolute Gasteiger partial charge is 0.227 e. The van der Waals surface area contributed by atoms with Crippen LogP contribution in [-0.4, -0.2) is 46.6 Å². The van der Waals surface area contributed by atoms with E-state index in [-0.39, 0.29) is 30.2 Å². The summed E-state index contributed by atoms with van der Waals surface area (Å²) in [6.45, 7) is 6.09. The minimum absolute atomic E-state index is 0. The maximum atomic E-state index is 13.3. The number of benzene rings is 1. The van der Waals surface area contributed by atoms with Gasteiger partial charge in [-0.05, 0) is 37.6 Å². The summed E-state index contributed by atoms with van der Waals surface area (Å²) in [6, 6.07) is 4.88. The van der Waals surface area contributed by atoms with Gasteiger partial charge < -0.3 is 14.7 Å². The Bertz CT molecular complexity index is 737. The standard InChI is InChI=1S/C17H21FN4O2.ClH/c1-11-9-13(3-4-14(11)18)17-20-15(24-21-17)5-6-16(23)22-8-7-19-10-12(22)2;/h3-4,9,12,19H,5-8,10H2,1-2H3;1H/t12-;/m0./s1. The van der Waals surface area contributed by atoms with Crippen LogP contribution in [0.5, 0.6) is 0 Å². The summed E-state index contributed by atoms with van der Waals surface area (Å²) < 4.78 is 18.5. The number of nitrogens with zero attached hydrogens (tertiary/aromatic N) is 3. The van der Waals surface area contributed by atoms with Gasteiger partial charge in [-0.2, -0.15) is 4.98 Å². The Balaban J connectivity index is 0.00000225. The molecule has 1 fully saturated rings. The molecule has 8 heteroatoms. The van der Waals surface area contributed by atoms with Crippen LogP contribution in [0.15, 0.2) is 22.7 Å². The molecule has 1 aromatic heterocycles. The molecule has 1 aliphatic rings. The number of rotatable bonds is 4. The van der Waals surface area contributed by atoms with Crippen molar-refractivity contribution in [3.05, 3.63) is 35.5 Å². The number of carbonyl (C=O) groups is 1. The first-order valence-corrected chi connectivity index (χ1v) is 8.14. The van der Waals surface area contributed by atoms with Gasteiger partial charge in [-0.15, -0.1) is 12.4 Å². The number of nitrogens with one attached hydrogen (secondary N) is 1. The van der Waals surface area contributed by atoms with Gasteiger partial charge in [0.2, 0.25) is 17.6 Å². The Morgan fingerprint density at radius 3 is 3.00 bits per heavy atom. The Hall–Kier alpha value is -1.99. The van der Waals surface area contributed by atoms with Crippen molar-refractivity contribution >= 4 is 18.3 Å². The number of carbonyl (C=O) groups excluding carboxylic acids is 1. The molecule has 0 bridgehead atoms. The third-order valence-corrected chi connectivity index (χ3v) is 4.26. The Morgan fingerprint density at radius 2 is 2.28 bits per heavy atom. The molecule has 3 rings (SSSR count). The SMILES string of the molecule is Cc1cc(-c2noc(CCC(=O)N3CCNC[C@@H]3C)n2)ccc1F.Cl. The topological polar surface area (TPSA) is 71.3 Å². The molecular formula is C17H22ClFN4O2. The minimum atomic E-state index is -0.266. The molecule has 6 nitrogen and oxygen atoms in total. The number of hydrogen-bond donors (Lipinski definition) is 1. The van der Waals surface area contributed by atoms with Gasteiger partial charge in [0.05, 0.1) is 0 Å². The summed E-state index contributed by atoms with van der Waals surface area (Å²) in [7, 11) is 0. The van der Waals surface area contributed by atoms with Gasteiger partial charge in [-0.3, -0.25) is 4.79 Å². The summed E-state index contributed by atoms with van der Waals surface area (Å²) in [4.78, 5) is 18.5. The lowest BCUT2D eigenvalue weighted by atomic mass is 10.1. The Labute approximate surface area is 152 Å². The molecule has 1 N–H and O–H groups in total. The van der Waals surface area contributed by atoms with Crippen LogP contribution in [0.25, 0.3) is 11.4 Å². The second-order valence-electron chi connectivity index (χ2n) is 6.12. The normalized spacial score (nSPS) is 17.2. The van der Waals surface area contributed by atoms with Crippen LogP contribution < -0.4 is 5.32 Å². The molecule has 25 heavy (non-hydrogen) atoms. The number of amides is 1. The van der Waals surface area contributed by atoms with E-state index in [2.05, 4.69) is 15.5 Å². The highest BCUT2D eigenvalue weighted by molar-refractivity contribution is 5.85. The van der Waals surface area contributed by atoms with Gasteiger partial charge in [0.1, 0.15) is 5.82 Å². The number of piperazine rings is 1. The molecule has 136 valence electrons. The van der Waals surface area contributed by atoms with Crippen molar-refractivity contribution in [3.63, 3.8) is 0 Å². The fourth-order valence-corrected chi connectivity index (χ4v) is 2.83. The third-order valence-electron chi connectivity index (χ3n) is 4.26. The lowest BCUT2D eigenvalue weighted by Gasteiger charge is -2.34. The molecule has 0 unspecified atom stereocenters. The average Bonchev–Trinajstić information content (AvgIpc) is 3.04. The Morgan fingerprint density at radius 1 is 1.48 bits per heavy atom. The van der Waals surface area contributed by atoms with Gasteiger partial charge in [-0.1, -0.05) is 5.16 Å². The van der Waals surface area contributed by atoms with Gasteiger partial charge in [0.25, 0.3) is 0 Å². The van der Waals surface area contributed by atoms with Crippen molar-refractivity contribution in [3.8, 4) is 11.4 Å². The molecule has 0 aliphatic carbocycles. The molecule has 1 aromatic carbocycles. The molecule has 2 heterocycles. The highest BCUT2D eigenvalue weighted by Gasteiger charge is 2.23. The lowest BCUT2D eigenvalue weighted by molar-refractivity contribution is -0.134. The fourth-order valence-electron chi connectivity index (χ4n) is 2.83. The summed E-state index contributed by atoms with van der Waals surface area (Å²) in [5.41, 5.74) is 1.23. The highest BCUT2D eigenvalue weighted by atomic mass is 35.5. The van der Waals surface area contributed by atoms with Gasteiger partial charge in [-0.25, -0.2) is 4.39 Å². The number of hydrogen-bond acceptors (Lipinski definition) is 5. The first-order chi connectivity index (χ1) is 11.5. The van der Waals surface area contributed by atoms with E-state index in [1.165, 1.54) is 6.07 Å². The molecule has 0 radical (unpaired) electrons. The van der Waals surface area contributed by atoms with Crippen molar-refractivity contribution in [2.75, 3.05) is 19.6 Å². The summed E-state index contributed by atoms with van der Waals surface area (Å²) in [5.74, 6) is 0.666. The monoisotopic (exact) mass is 368 g/mol. The molecular weight excluding hydrogens is 347 g/mol. The predicted octanol–water partition coefficient (Wildman–Crippen LogP) is 2.36. The number of aromatic nitrogens is 2. The molecule has 0 saturated carbocycles. The van der Waals surface area contributed by atoms with E-state index in [0.29, 0.717) is 35.7 Å². The van der Waals surface area contributed by atoms with E-state index in [1.807, 2.05) is 11.8 Å². The van der Waals surface area contributed by atoms with E-state index < -0.39 is 0 Å². The molecule has 1 aliphatic heterocycles. The number of aryl methyl sites for hydroxylation is 2. The Kier molecular flexibility index (Phi) is 6.50. The van der Waals surface area contributed by atoms with Crippen molar-refractivity contribution < 1.29 is 13.7 Å². The number of halogens is 2. The highest BCUT2D eigenvalue weighted by Crippen LogP contribution is 2.19. The average molecular weight is 369 g/mol. The summed E-state index contributed by atoms with van der Waals surface area (Å²) in [5, 5.41) is 7.18. The summed E-state index contributed by atoms with van der Waals surface area (Å²) >= 11 is 0. The largest absolute Gasteiger partial charge is 0.339 e. The zero-order valence-corrected chi connectivity index (χ0v) is 15.1. The zero-order valence-electron chi connectivity index (χ0n) is 14.3. The zero-order chi connectivity index (χ0) is 17.1. The van der Waals surface area contributed by atoms with Crippen LogP contribution in [0.3, 0.4) is 0 Å². The molecule has 1 amide bonds. The molecule has 1 saturated heterocycles. The second-order valence-corrected chi connectivity index (χ2v) is 6.12. The fraction of sp³-hybridized carbons (Fsp3) is 0.471. The molecule has 0 spiro atoms. The molecule has 2 aromatic rings. The van der Waals surface area contributed by atoms with Crippen LogP contribution in [0.4, 0.5) is 4.39 Å². The maximum Gasteiger partial charge on any atom is 0.227 e. The second kappa shape index (κ2) is 8.40. The predicted molar refractivity (Wildman–Crippen MR) is 94.0 cm³/mol. The van der Waals surface area contributed by atoms with Crippen LogP contribution >= 0.6 is 12.4 Å². The summed E-state index contributed by atoms with van der Waals surface area (Å²) in [6.07, 6.45) is 0.747. The van der Waals surface area contributed by atoms with Crippen molar-refractivity contribution in [2.45, 2.75) is 32.7 Å². The maximum absolute atomic E-state index is 13.3. The first-order valence-electron chi connectivity index (χ1n) is 8.14. The van der Waals surface area contributed by atoms with Crippen LogP contribution in [0.1, 0.15) is 24.8 Å². The van der Waals surface area contributed by atoms with E-state index in [1.54, 1.807) is 19.1 Å². The van der Waals surface area contributed by atoms with E-state index in [9.17, 15) is 9.18 Å². The van der Waals surface area contributed by atoms with Gasteiger partial charge >= 0.3 is 0 Å². The van der Waals surface area contributed by atoms with Crippen molar-refractivity contribution in [1.29, 1.82) is 0 Å². The third kappa shape index (κ3) is 4.55. The lowest BCUT2D eigenvalue weighted by Crippen LogP contribution is -2.52. The van der Waals surface area contributed by atoms with Crippen molar-refractivity contribution in [1.82, 2.24) is 20.4 Å². The van der Waals surface area contributed by atoms with Gasteiger partial charge in [0, 0.05) is 44.1 Å². The van der Waals surface area contributed by atoms with Crippen LogP contribution in [0, 0.1) is 12.7 Å². The molecule has 1 atom stereocenters. The van der Waals surface area contributed by atoms with E-state index in [0.717, 1.165) is 19.6 Å². The van der Waals surface area contributed by atoms with Crippen molar-refractivity contribution in [2.24, 2.45) is 0 Å². The minimum Gasteiger partial charge on any atom is -0.339 e. The van der Waals surface area contributed by atoms with Crippen LogP contribution in [-0.2, 0) is 11.2 Å². The van der Waals surface area contributed by atoms with Crippen LogP contribution in [0.2, 0.25) is 0 Å².